The van der Waals surface area contributed by atoms with Crippen LogP contribution in [-0.4, -0.2) is 15.7 Å². The molecule has 4 nitrogen and oxygen atoms in total. The third kappa shape index (κ3) is 1.98. The van der Waals surface area contributed by atoms with Crippen molar-refractivity contribution in [1.29, 1.82) is 0 Å². The number of hydrogen-bond acceptors (Lipinski definition) is 3. The van der Waals surface area contributed by atoms with Gasteiger partial charge in [0.05, 0.1) is 15.2 Å². The van der Waals surface area contributed by atoms with Crippen LogP contribution in [0.2, 0.25) is 5.02 Å². The van der Waals surface area contributed by atoms with Gasteiger partial charge in [0.25, 0.3) is 0 Å². The van der Waals surface area contributed by atoms with Crippen molar-refractivity contribution in [1.82, 2.24) is 9.78 Å². The molecule has 0 aliphatic rings. The molecule has 0 atom stereocenters. The quantitative estimate of drug-likeness (QED) is 0.777. The van der Waals surface area contributed by atoms with Gasteiger partial charge in [0, 0.05) is 23.1 Å². The summed E-state index contributed by atoms with van der Waals surface area (Å²) in [5.74, 6) is 0.497. The molecule has 0 saturated carbocycles. The molecule has 20 heavy (non-hydrogen) atoms. The van der Waals surface area contributed by atoms with Crippen LogP contribution in [0, 0.1) is 5.92 Å². The third-order valence-corrected chi connectivity index (χ3v) is 4.66. The summed E-state index contributed by atoms with van der Waals surface area (Å²) in [6, 6.07) is 5.83. The Morgan fingerprint density at radius 3 is 2.90 bits per heavy atom. The molecule has 3 aromatic rings. The third-order valence-electron chi connectivity index (χ3n) is 3.19. The second-order valence-corrected chi connectivity index (χ2v) is 6.47. The van der Waals surface area contributed by atoms with E-state index in [4.69, 9.17) is 11.6 Å². The largest absolute Gasteiger partial charge is 0.308 e. The van der Waals surface area contributed by atoms with Crippen molar-refractivity contribution in [2.75, 3.05) is 5.32 Å². The van der Waals surface area contributed by atoms with Gasteiger partial charge in [0.2, 0.25) is 5.91 Å². The van der Waals surface area contributed by atoms with Crippen molar-refractivity contribution in [2.24, 2.45) is 13.0 Å². The van der Waals surface area contributed by atoms with Gasteiger partial charge in [-0.25, -0.2) is 0 Å². The van der Waals surface area contributed by atoms with Crippen LogP contribution in [0.5, 0.6) is 0 Å². The van der Waals surface area contributed by atoms with Gasteiger partial charge in [-0.3, -0.25) is 9.48 Å². The molecule has 6 heteroatoms. The van der Waals surface area contributed by atoms with Gasteiger partial charge in [0.1, 0.15) is 0 Å². The maximum atomic E-state index is 11.9. The number of nitrogens with zero attached hydrogens (tertiary/aromatic N) is 2. The molecule has 0 unspecified atom stereocenters. The van der Waals surface area contributed by atoms with E-state index in [-0.39, 0.29) is 11.8 Å². The highest BCUT2D eigenvalue weighted by Gasteiger charge is 2.19. The number of aromatic nitrogens is 2. The van der Waals surface area contributed by atoms with Crippen LogP contribution in [-0.2, 0) is 11.8 Å². The smallest absolute Gasteiger partial charge is 0.228 e. The summed E-state index contributed by atoms with van der Waals surface area (Å²) >= 11 is 7.89. The molecule has 0 spiro atoms. The molecule has 0 radical (unpaired) electrons. The van der Waals surface area contributed by atoms with Crippen molar-refractivity contribution in [3.8, 4) is 0 Å². The number of halogens is 1. The Morgan fingerprint density at radius 2 is 2.20 bits per heavy atom. The van der Waals surface area contributed by atoms with Crippen LogP contribution in [0.25, 0.3) is 20.3 Å². The number of anilines is 1. The van der Waals surface area contributed by atoms with Gasteiger partial charge < -0.3 is 5.32 Å². The van der Waals surface area contributed by atoms with Crippen molar-refractivity contribution in [3.05, 3.63) is 23.2 Å². The number of nitrogens with one attached hydrogen (secondary N) is 1. The number of carbonyl (C=O) groups is 1. The fraction of sp³-hybridized carbons (Fsp3) is 0.286. The zero-order chi connectivity index (χ0) is 14.4. The summed E-state index contributed by atoms with van der Waals surface area (Å²) < 4.78 is 3.83. The molecule has 1 aromatic carbocycles. The lowest BCUT2D eigenvalue weighted by Gasteiger charge is -2.03. The Labute approximate surface area is 125 Å². The lowest BCUT2D eigenvalue weighted by molar-refractivity contribution is -0.118. The number of carbonyl (C=O) groups excluding carboxylic acids is 1. The van der Waals surface area contributed by atoms with Gasteiger partial charge in [-0.05, 0) is 12.1 Å². The molecule has 1 amide bonds. The van der Waals surface area contributed by atoms with E-state index in [9.17, 15) is 4.79 Å². The molecule has 0 bridgehead atoms. The summed E-state index contributed by atoms with van der Waals surface area (Å²) in [6.45, 7) is 3.72. The van der Waals surface area contributed by atoms with E-state index in [0.29, 0.717) is 10.8 Å². The van der Waals surface area contributed by atoms with E-state index in [0.717, 1.165) is 20.3 Å². The predicted octanol–water partition coefficient (Wildman–Crippen LogP) is 4.04. The minimum Gasteiger partial charge on any atom is -0.308 e. The minimum absolute atomic E-state index is 0.0337. The Bertz CT molecular complexity index is 819. The predicted molar refractivity (Wildman–Crippen MR) is 84.6 cm³/mol. The summed E-state index contributed by atoms with van der Waals surface area (Å²) in [6.07, 6.45) is 0. The second kappa shape index (κ2) is 4.75. The standard InChI is InChI=1S/C14H14ClN3OS/c1-7(2)14(19)16-13-12-11(18(3)17-13)10-8(15)5-4-6-9(10)20-12/h4-7H,1-3H3,(H,16,17,19). The van der Waals surface area contributed by atoms with Crippen LogP contribution in [0.1, 0.15) is 13.8 Å². The zero-order valence-corrected chi connectivity index (χ0v) is 13.0. The number of benzene rings is 1. The highest BCUT2D eigenvalue weighted by Crippen LogP contribution is 2.40. The highest BCUT2D eigenvalue weighted by molar-refractivity contribution is 7.26. The van der Waals surface area contributed by atoms with Crippen LogP contribution >= 0.6 is 22.9 Å². The number of rotatable bonds is 2. The first-order valence-electron chi connectivity index (χ1n) is 6.33. The molecule has 1 N–H and O–H groups in total. The lowest BCUT2D eigenvalue weighted by atomic mass is 10.2. The monoisotopic (exact) mass is 307 g/mol. The second-order valence-electron chi connectivity index (χ2n) is 5.01. The molecule has 104 valence electrons. The molecular formula is C14H14ClN3OS. The van der Waals surface area contributed by atoms with Crippen molar-refractivity contribution in [3.63, 3.8) is 0 Å². The molecule has 0 saturated heterocycles. The molecule has 0 aliphatic carbocycles. The number of hydrogen-bond donors (Lipinski definition) is 1. The normalized spacial score (nSPS) is 11.7. The zero-order valence-electron chi connectivity index (χ0n) is 11.4. The number of amides is 1. The molecule has 3 rings (SSSR count). The van der Waals surface area contributed by atoms with Crippen LogP contribution < -0.4 is 5.32 Å². The first-order valence-corrected chi connectivity index (χ1v) is 7.53. The summed E-state index contributed by atoms with van der Waals surface area (Å²) in [5.41, 5.74) is 0.967. The van der Waals surface area contributed by atoms with Gasteiger partial charge in [0.15, 0.2) is 5.82 Å². The maximum absolute atomic E-state index is 11.9. The fourth-order valence-electron chi connectivity index (χ4n) is 2.15. The Hall–Kier alpha value is -1.59. The van der Waals surface area contributed by atoms with Crippen LogP contribution in [0.4, 0.5) is 5.82 Å². The number of fused-ring (bicyclic) bond motifs is 3. The summed E-state index contributed by atoms with van der Waals surface area (Å²) in [4.78, 5) is 11.9. The Kier molecular flexibility index (Phi) is 3.18. The van der Waals surface area contributed by atoms with Crippen molar-refractivity contribution < 1.29 is 4.79 Å². The van der Waals surface area contributed by atoms with E-state index in [1.54, 1.807) is 16.0 Å². The topological polar surface area (TPSA) is 46.9 Å². The fourth-order valence-corrected chi connectivity index (χ4v) is 3.66. The minimum atomic E-state index is -0.0787. The highest BCUT2D eigenvalue weighted by atomic mass is 35.5. The van der Waals surface area contributed by atoms with E-state index < -0.39 is 0 Å². The van der Waals surface area contributed by atoms with E-state index in [1.165, 1.54) is 0 Å². The van der Waals surface area contributed by atoms with Gasteiger partial charge in [-0.1, -0.05) is 31.5 Å². The summed E-state index contributed by atoms with van der Waals surface area (Å²) in [5, 5.41) is 8.98. The first kappa shape index (κ1) is 13.4. The molecule has 2 heterocycles. The molecular weight excluding hydrogens is 294 g/mol. The molecule has 0 aliphatic heterocycles. The van der Waals surface area contributed by atoms with Gasteiger partial charge in [-0.2, -0.15) is 5.10 Å². The van der Waals surface area contributed by atoms with Crippen LogP contribution in [0.3, 0.4) is 0 Å². The van der Waals surface area contributed by atoms with E-state index >= 15 is 0 Å². The molecule has 2 aromatic heterocycles. The molecule has 0 fully saturated rings. The Morgan fingerprint density at radius 1 is 1.45 bits per heavy atom. The number of thiophene rings is 1. The average Bonchev–Trinajstić information content (AvgIpc) is 2.89. The first-order chi connectivity index (χ1) is 9.49. The van der Waals surface area contributed by atoms with Gasteiger partial charge >= 0.3 is 0 Å². The number of aryl methyl sites for hydroxylation is 1. The average molecular weight is 308 g/mol. The lowest BCUT2D eigenvalue weighted by Crippen LogP contribution is -2.18. The Balaban J connectivity index is 2.23. The SMILES string of the molecule is CC(C)C(=O)Nc1nn(C)c2c1sc1cccc(Cl)c12. The van der Waals surface area contributed by atoms with Crippen molar-refractivity contribution >= 4 is 55.0 Å². The maximum Gasteiger partial charge on any atom is 0.228 e. The van der Waals surface area contributed by atoms with E-state index in [2.05, 4.69) is 10.4 Å². The van der Waals surface area contributed by atoms with Gasteiger partial charge in [-0.15, -0.1) is 11.3 Å². The summed E-state index contributed by atoms with van der Waals surface area (Å²) in [7, 11) is 1.86. The van der Waals surface area contributed by atoms with E-state index in [1.807, 2.05) is 39.1 Å². The van der Waals surface area contributed by atoms with Crippen LogP contribution in [0.15, 0.2) is 18.2 Å². The van der Waals surface area contributed by atoms with Crippen molar-refractivity contribution in [2.45, 2.75) is 13.8 Å².